The normalized spacial score (nSPS) is 13.8. The fraction of sp³-hybridized carbons (Fsp3) is 0.400. The molecule has 4 nitrogen and oxygen atoms in total. The molecule has 0 unspecified atom stereocenters. The molecule has 24 heavy (non-hydrogen) atoms. The predicted molar refractivity (Wildman–Crippen MR) is 95.0 cm³/mol. The zero-order chi connectivity index (χ0) is 17.5. The van der Waals surface area contributed by atoms with E-state index < -0.39 is 0 Å². The number of ether oxygens (including phenoxy) is 1. The van der Waals surface area contributed by atoms with Crippen molar-refractivity contribution < 1.29 is 14.3 Å². The van der Waals surface area contributed by atoms with Gasteiger partial charge in [0.1, 0.15) is 5.75 Å². The van der Waals surface area contributed by atoms with Gasteiger partial charge in [-0.15, -0.1) is 0 Å². The zero-order valence-corrected chi connectivity index (χ0v) is 14.7. The molecule has 0 heterocycles. The molecular weight excluding hydrogens is 302 g/mol. The summed E-state index contributed by atoms with van der Waals surface area (Å²) in [5.74, 6) is 0.855. The van der Waals surface area contributed by atoms with E-state index in [1.165, 1.54) is 5.57 Å². The van der Waals surface area contributed by atoms with Crippen LogP contribution in [0, 0.1) is 0 Å². The quantitative estimate of drug-likeness (QED) is 0.707. The van der Waals surface area contributed by atoms with E-state index in [0.29, 0.717) is 24.8 Å². The lowest BCUT2D eigenvalue weighted by Crippen LogP contribution is -2.26. The highest BCUT2D eigenvalue weighted by Gasteiger charge is 2.15. The number of hydrogen-bond acceptors (Lipinski definition) is 3. The molecule has 0 saturated heterocycles. The Kier molecular flexibility index (Phi) is 6.36. The third-order valence-electron chi connectivity index (χ3n) is 4.35. The van der Waals surface area contributed by atoms with Crippen LogP contribution in [0.1, 0.15) is 49.4 Å². The van der Waals surface area contributed by atoms with Crippen LogP contribution in [0.25, 0.3) is 0 Å². The first-order chi connectivity index (χ1) is 11.5. The van der Waals surface area contributed by atoms with Gasteiger partial charge >= 0.3 is 0 Å². The number of benzene rings is 1. The number of hydrogen-bond donors (Lipinski definition) is 0. The second kappa shape index (κ2) is 8.48. The van der Waals surface area contributed by atoms with Gasteiger partial charge in [-0.3, -0.25) is 9.59 Å². The minimum absolute atomic E-state index is 0.0588. The highest BCUT2D eigenvalue weighted by Crippen LogP contribution is 2.21. The van der Waals surface area contributed by atoms with Crippen molar-refractivity contribution in [2.45, 2.75) is 39.0 Å². The Hall–Kier alpha value is -2.36. The number of rotatable bonds is 7. The molecule has 0 aliphatic heterocycles. The van der Waals surface area contributed by atoms with Crippen molar-refractivity contribution in [1.82, 2.24) is 4.90 Å². The van der Waals surface area contributed by atoms with E-state index in [1.54, 1.807) is 36.3 Å². The number of carbonyl (C=O) groups is 2. The third-order valence-corrected chi connectivity index (χ3v) is 4.35. The van der Waals surface area contributed by atoms with Crippen molar-refractivity contribution in [3.63, 3.8) is 0 Å². The standard InChI is InChI=1S/C20H25NO3/c1-15-7-11-17(12-8-15)21(2)20(23)6-4-5-19(22)16-9-13-18(24-3)14-10-16/h7,9-11,13-14H,4-6,8,12H2,1-3H3. The molecular formula is C20H25NO3. The molecule has 0 fully saturated rings. The summed E-state index contributed by atoms with van der Waals surface area (Å²) in [5.41, 5.74) is 3.05. The lowest BCUT2D eigenvalue weighted by Gasteiger charge is -2.23. The molecule has 0 spiro atoms. The van der Waals surface area contributed by atoms with Crippen LogP contribution >= 0.6 is 0 Å². The Bertz CT molecular complexity index is 656. The van der Waals surface area contributed by atoms with E-state index in [4.69, 9.17) is 4.74 Å². The third kappa shape index (κ3) is 4.82. The van der Waals surface area contributed by atoms with Gasteiger partial charge in [0, 0.05) is 31.1 Å². The number of Topliss-reactive ketones (excluding diaryl/α,β-unsaturated/α-hetero) is 1. The van der Waals surface area contributed by atoms with Crippen LogP contribution in [0.5, 0.6) is 5.75 Å². The fourth-order valence-corrected chi connectivity index (χ4v) is 2.66. The van der Waals surface area contributed by atoms with E-state index in [9.17, 15) is 9.59 Å². The van der Waals surface area contributed by atoms with Crippen LogP contribution in [-0.4, -0.2) is 30.7 Å². The average molecular weight is 327 g/mol. The van der Waals surface area contributed by atoms with E-state index in [-0.39, 0.29) is 11.7 Å². The number of nitrogens with zero attached hydrogens (tertiary/aromatic N) is 1. The maximum atomic E-state index is 12.3. The number of allylic oxidation sites excluding steroid dienone is 4. The largest absolute Gasteiger partial charge is 0.497 e. The first-order valence-corrected chi connectivity index (χ1v) is 8.31. The summed E-state index contributed by atoms with van der Waals surface area (Å²) in [6, 6.07) is 7.07. The summed E-state index contributed by atoms with van der Waals surface area (Å²) in [6.45, 7) is 2.10. The van der Waals surface area contributed by atoms with Crippen molar-refractivity contribution >= 4 is 11.7 Å². The van der Waals surface area contributed by atoms with Crippen LogP contribution in [0.3, 0.4) is 0 Å². The molecule has 0 atom stereocenters. The molecule has 1 aliphatic rings. The van der Waals surface area contributed by atoms with Crippen LogP contribution in [-0.2, 0) is 4.79 Å². The van der Waals surface area contributed by atoms with E-state index in [1.807, 2.05) is 13.1 Å². The van der Waals surface area contributed by atoms with Gasteiger partial charge in [-0.1, -0.05) is 11.6 Å². The van der Waals surface area contributed by atoms with Crippen LogP contribution in [0.4, 0.5) is 0 Å². The van der Waals surface area contributed by atoms with Crippen molar-refractivity contribution in [1.29, 1.82) is 0 Å². The molecule has 1 aromatic rings. The van der Waals surface area contributed by atoms with Gasteiger partial charge in [0.25, 0.3) is 0 Å². The molecule has 0 N–H and O–H groups in total. The lowest BCUT2D eigenvalue weighted by molar-refractivity contribution is -0.128. The van der Waals surface area contributed by atoms with Gasteiger partial charge in [-0.05, 0) is 56.5 Å². The van der Waals surface area contributed by atoms with Crippen LogP contribution in [0.2, 0.25) is 0 Å². The van der Waals surface area contributed by atoms with Crippen molar-refractivity contribution in [3.05, 3.63) is 53.3 Å². The average Bonchev–Trinajstić information content (AvgIpc) is 2.61. The summed E-state index contributed by atoms with van der Waals surface area (Å²) >= 11 is 0. The molecule has 4 heteroatoms. The summed E-state index contributed by atoms with van der Waals surface area (Å²) in [6.07, 6.45) is 7.31. The molecule has 0 saturated carbocycles. The van der Waals surface area contributed by atoms with Gasteiger partial charge in [-0.2, -0.15) is 0 Å². The fourth-order valence-electron chi connectivity index (χ4n) is 2.66. The molecule has 1 aliphatic carbocycles. The SMILES string of the molecule is COc1ccc(C(=O)CCCC(=O)N(C)C2=CC=C(C)CC2)cc1. The second-order valence-corrected chi connectivity index (χ2v) is 6.13. The van der Waals surface area contributed by atoms with Crippen molar-refractivity contribution in [2.24, 2.45) is 0 Å². The Morgan fingerprint density at radius 2 is 1.79 bits per heavy atom. The van der Waals surface area contributed by atoms with Gasteiger partial charge in [0.05, 0.1) is 7.11 Å². The van der Waals surface area contributed by atoms with Gasteiger partial charge in [-0.25, -0.2) is 0 Å². The first-order valence-electron chi connectivity index (χ1n) is 8.31. The van der Waals surface area contributed by atoms with Gasteiger partial charge < -0.3 is 9.64 Å². The van der Waals surface area contributed by atoms with E-state index in [0.717, 1.165) is 24.3 Å². The maximum absolute atomic E-state index is 12.3. The number of methoxy groups -OCH3 is 1. The van der Waals surface area contributed by atoms with Crippen molar-refractivity contribution in [3.8, 4) is 5.75 Å². The number of carbonyl (C=O) groups excluding carboxylic acids is 2. The Labute approximate surface area is 143 Å². The molecule has 1 aromatic carbocycles. The molecule has 1 amide bonds. The minimum Gasteiger partial charge on any atom is -0.497 e. The van der Waals surface area contributed by atoms with Crippen LogP contribution < -0.4 is 4.74 Å². The summed E-state index contributed by atoms with van der Waals surface area (Å²) in [7, 11) is 3.41. The summed E-state index contributed by atoms with van der Waals surface area (Å²) in [5, 5.41) is 0. The topological polar surface area (TPSA) is 46.6 Å². The Morgan fingerprint density at radius 3 is 2.38 bits per heavy atom. The second-order valence-electron chi connectivity index (χ2n) is 6.13. The summed E-state index contributed by atoms with van der Waals surface area (Å²) < 4.78 is 5.08. The first kappa shape index (κ1) is 18.0. The monoisotopic (exact) mass is 327 g/mol. The predicted octanol–water partition coefficient (Wildman–Crippen LogP) is 4.13. The van der Waals surface area contributed by atoms with E-state index in [2.05, 4.69) is 13.0 Å². The molecule has 0 radical (unpaired) electrons. The maximum Gasteiger partial charge on any atom is 0.226 e. The van der Waals surface area contributed by atoms with Gasteiger partial charge in [0.15, 0.2) is 5.78 Å². The minimum atomic E-state index is 0.0588. The number of ketones is 1. The molecule has 128 valence electrons. The smallest absolute Gasteiger partial charge is 0.226 e. The molecule has 0 aromatic heterocycles. The van der Waals surface area contributed by atoms with Crippen LogP contribution in [0.15, 0.2) is 47.7 Å². The Balaban J connectivity index is 1.80. The molecule has 2 rings (SSSR count). The highest BCUT2D eigenvalue weighted by molar-refractivity contribution is 5.96. The highest BCUT2D eigenvalue weighted by atomic mass is 16.5. The van der Waals surface area contributed by atoms with Gasteiger partial charge in [0.2, 0.25) is 5.91 Å². The lowest BCUT2D eigenvalue weighted by atomic mass is 10.0. The zero-order valence-electron chi connectivity index (χ0n) is 14.7. The number of amides is 1. The molecule has 0 bridgehead atoms. The Morgan fingerprint density at radius 1 is 1.08 bits per heavy atom. The van der Waals surface area contributed by atoms with Crippen molar-refractivity contribution in [2.75, 3.05) is 14.2 Å². The van der Waals surface area contributed by atoms with E-state index >= 15 is 0 Å². The summed E-state index contributed by atoms with van der Waals surface area (Å²) in [4.78, 5) is 26.1.